The molecule has 150 valence electrons. The van der Waals surface area contributed by atoms with Crippen molar-refractivity contribution in [3.63, 3.8) is 0 Å². The maximum atomic E-state index is 11.4. The Kier molecular flexibility index (Phi) is 21.0. The first-order valence-electron chi connectivity index (χ1n) is 11.4. The summed E-state index contributed by atoms with van der Waals surface area (Å²) in [6.45, 7) is 3.79. The predicted molar refractivity (Wildman–Crippen MR) is 110 cm³/mol. The molecule has 0 aromatic carbocycles. The van der Waals surface area contributed by atoms with Crippen LogP contribution in [0.3, 0.4) is 0 Å². The van der Waals surface area contributed by atoms with Crippen molar-refractivity contribution < 1.29 is 10.5 Å². The predicted octanol–water partition coefficient (Wildman–Crippen LogP) is 5.39. The molecule has 0 aromatic rings. The fourth-order valence-electron chi connectivity index (χ4n) is 3.33. The van der Waals surface area contributed by atoms with Gasteiger partial charge in [0.1, 0.15) is 0 Å². The molecule has 0 rings (SSSR count). The van der Waals surface area contributed by atoms with E-state index in [2.05, 4.69) is 18.0 Å². The minimum atomic E-state index is 0.199. The summed E-state index contributed by atoms with van der Waals surface area (Å²) >= 11 is 0. The zero-order chi connectivity index (χ0) is 18.4. The number of quaternary nitrogens is 1. The van der Waals surface area contributed by atoms with Crippen LogP contribution < -0.4 is 11.1 Å². The molecule has 0 fully saturated rings. The zero-order valence-corrected chi connectivity index (χ0v) is 17.3. The topological polar surface area (TPSA) is 56.7 Å². The first kappa shape index (κ1) is 24.4. The van der Waals surface area contributed by atoms with E-state index in [4.69, 9.17) is 0 Å². The number of carbonyl (C=O) groups excluding carboxylic acids is 1. The highest BCUT2D eigenvalue weighted by atomic mass is 16.1. The van der Waals surface area contributed by atoms with Crippen LogP contribution in [-0.4, -0.2) is 19.0 Å². The molecule has 0 saturated carbocycles. The normalized spacial score (nSPS) is 11.0. The lowest BCUT2D eigenvalue weighted by molar-refractivity contribution is -0.364. The lowest BCUT2D eigenvalue weighted by Crippen LogP contribution is -2.54. The molecule has 0 spiro atoms. The van der Waals surface area contributed by atoms with E-state index in [0.29, 0.717) is 6.42 Å². The van der Waals surface area contributed by atoms with Gasteiger partial charge in [0.15, 0.2) is 0 Å². The van der Waals surface area contributed by atoms with Crippen LogP contribution in [0.5, 0.6) is 0 Å². The monoisotopic (exact) mass is 355 g/mol. The van der Waals surface area contributed by atoms with E-state index >= 15 is 0 Å². The third-order valence-corrected chi connectivity index (χ3v) is 5.01. The molecular weight excluding hydrogens is 308 g/mol. The van der Waals surface area contributed by atoms with Crippen molar-refractivity contribution in [2.24, 2.45) is 0 Å². The minimum Gasteiger partial charge on any atom is -0.356 e. The SMILES string of the molecule is CCCCCCCCCCCCCCCCCCCC(=O)NCC[NH3+]. The van der Waals surface area contributed by atoms with Crippen molar-refractivity contribution in [3.05, 3.63) is 0 Å². The highest BCUT2D eigenvalue weighted by molar-refractivity contribution is 5.75. The molecule has 3 nitrogen and oxygen atoms in total. The maximum Gasteiger partial charge on any atom is 0.220 e. The molecule has 0 aliphatic heterocycles. The Morgan fingerprint density at radius 2 is 1.00 bits per heavy atom. The Bertz CT molecular complexity index is 269. The quantitative estimate of drug-likeness (QED) is 0.283. The molecule has 0 bridgehead atoms. The first-order chi connectivity index (χ1) is 12.3. The van der Waals surface area contributed by atoms with Gasteiger partial charge in [0, 0.05) is 6.42 Å². The average Bonchev–Trinajstić information content (AvgIpc) is 2.62. The van der Waals surface area contributed by atoms with Gasteiger partial charge >= 0.3 is 0 Å². The van der Waals surface area contributed by atoms with Gasteiger partial charge in [-0.05, 0) is 6.42 Å². The van der Waals surface area contributed by atoms with Crippen LogP contribution in [0.25, 0.3) is 0 Å². The number of nitrogens with one attached hydrogen (secondary N) is 1. The second-order valence-corrected chi connectivity index (χ2v) is 7.61. The van der Waals surface area contributed by atoms with E-state index < -0.39 is 0 Å². The van der Waals surface area contributed by atoms with Crippen LogP contribution in [0.2, 0.25) is 0 Å². The first-order valence-corrected chi connectivity index (χ1v) is 11.4. The Labute approximate surface area is 157 Å². The van der Waals surface area contributed by atoms with E-state index in [-0.39, 0.29) is 5.91 Å². The third-order valence-electron chi connectivity index (χ3n) is 5.01. The Balaban J connectivity index is 3.04. The highest BCUT2D eigenvalue weighted by Crippen LogP contribution is 2.14. The van der Waals surface area contributed by atoms with E-state index in [0.717, 1.165) is 19.5 Å². The van der Waals surface area contributed by atoms with Crippen LogP contribution in [0.15, 0.2) is 0 Å². The Morgan fingerprint density at radius 3 is 1.36 bits per heavy atom. The van der Waals surface area contributed by atoms with Crippen LogP contribution in [0.4, 0.5) is 0 Å². The van der Waals surface area contributed by atoms with Gasteiger partial charge in [0.05, 0.1) is 13.1 Å². The molecule has 0 saturated heterocycles. The average molecular weight is 356 g/mol. The van der Waals surface area contributed by atoms with Crippen LogP contribution >= 0.6 is 0 Å². The van der Waals surface area contributed by atoms with E-state index in [1.807, 2.05) is 0 Å². The summed E-state index contributed by atoms with van der Waals surface area (Å²) in [7, 11) is 0. The van der Waals surface area contributed by atoms with Crippen LogP contribution in [0.1, 0.15) is 122 Å². The molecule has 0 aliphatic rings. The second kappa shape index (κ2) is 21.5. The molecular formula is C22H47N2O+. The van der Waals surface area contributed by atoms with E-state index in [1.54, 1.807) is 0 Å². The van der Waals surface area contributed by atoms with Gasteiger partial charge in [-0.15, -0.1) is 0 Å². The molecule has 3 heteroatoms. The van der Waals surface area contributed by atoms with Crippen molar-refractivity contribution in [2.75, 3.05) is 13.1 Å². The minimum absolute atomic E-state index is 0.199. The van der Waals surface area contributed by atoms with Crippen molar-refractivity contribution >= 4 is 5.91 Å². The zero-order valence-electron chi connectivity index (χ0n) is 17.3. The molecule has 4 N–H and O–H groups in total. The van der Waals surface area contributed by atoms with Gasteiger partial charge in [0.25, 0.3) is 0 Å². The van der Waals surface area contributed by atoms with Crippen molar-refractivity contribution in [1.82, 2.24) is 5.32 Å². The van der Waals surface area contributed by atoms with Gasteiger partial charge in [0.2, 0.25) is 5.91 Å². The molecule has 0 radical (unpaired) electrons. The summed E-state index contributed by atoms with van der Waals surface area (Å²) in [4.78, 5) is 11.4. The number of unbranched alkanes of at least 4 members (excludes halogenated alkanes) is 16. The number of rotatable bonds is 20. The fraction of sp³-hybridized carbons (Fsp3) is 0.955. The molecule has 0 heterocycles. The van der Waals surface area contributed by atoms with Gasteiger partial charge in [-0.3, -0.25) is 4.79 Å². The largest absolute Gasteiger partial charge is 0.356 e. The van der Waals surface area contributed by atoms with Crippen molar-refractivity contribution in [1.29, 1.82) is 0 Å². The molecule has 0 aromatic heterocycles. The van der Waals surface area contributed by atoms with Crippen molar-refractivity contribution in [3.8, 4) is 0 Å². The molecule has 1 amide bonds. The summed E-state index contributed by atoms with van der Waals surface area (Å²) in [6, 6.07) is 0. The third kappa shape index (κ3) is 21.4. The summed E-state index contributed by atoms with van der Waals surface area (Å²) in [5, 5.41) is 2.89. The molecule has 0 atom stereocenters. The van der Waals surface area contributed by atoms with Gasteiger partial charge in [-0.1, -0.05) is 110 Å². The number of amides is 1. The summed E-state index contributed by atoms with van der Waals surface area (Å²) in [6.07, 6.45) is 24.1. The Morgan fingerprint density at radius 1 is 0.640 bits per heavy atom. The molecule has 0 unspecified atom stereocenters. The van der Waals surface area contributed by atoms with E-state index in [9.17, 15) is 4.79 Å². The number of carbonyl (C=O) groups is 1. The molecule has 25 heavy (non-hydrogen) atoms. The highest BCUT2D eigenvalue weighted by Gasteiger charge is 2.00. The number of hydrogen-bond acceptors (Lipinski definition) is 1. The summed E-state index contributed by atoms with van der Waals surface area (Å²) in [5.41, 5.74) is 3.73. The second-order valence-electron chi connectivity index (χ2n) is 7.61. The lowest BCUT2D eigenvalue weighted by atomic mass is 10.0. The fourth-order valence-corrected chi connectivity index (χ4v) is 3.33. The standard InChI is InChI=1S/C22H46N2O/c1-2-3-4-5-6-7-8-9-10-11-12-13-14-15-16-17-18-19-22(25)24-21-20-23/h2-21,23H2,1H3,(H,24,25)/p+1. The van der Waals surface area contributed by atoms with Gasteiger partial charge < -0.3 is 11.1 Å². The number of hydrogen-bond donors (Lipinski definition) is 2. The Hall–Kier alpha value is -0.570. The summed E-state index contributed by atoms with van der Waals surface area (Å²) in [5.74, 6) is 0.199. The maximum absolute atomic E-state index is 11.4. The smallest absolute Gasteiger partial charge is 0.220 e. The van der Waals surface area contributed by atoms with Crippen molar-refractivity contribution in [2.45, 2.75) is 122 Å². The van der Waals surface area contributed by atoms with Crippen LogP contribution in [-0.2, 0) is 4.79 Å². The van der Waals surface area contributed by atoms with Gasteiger partial charge in [-0.25, -0.2) is 0 Å². The van der Waals surface area contributed by atoms with Crippen LogP contribution in [0, 0.1) is 0 Å². The molecule has 0 aliphatic carbocycles. The lowest BCUT2D eigenvalue weighted by Gasteiger charge is -2.04. The van der Waals surface area contributed by atoms with E-state index in [1.165, 1.54) is 103 Å². The summed E-state index contributed by atoms with van der Waals surface area (Å²) < 4.78 is 0. The van der Waals surface area contributed by atoms with Gasteiger partial charge in [-0.2, -0.15) is 0 Å².